The summed E-state index contributed by atoms with van der Waals surface area (Å²) in [4.78, 5) is 30.6. The molecule has 1 aromatic rings. The van der Waals surface area contributed by atoms with Crippen LogP contribution in [0.5, 0.6) is 0 Å². The lowest BCUT2D eigenvalue weighted by molar-refractivity contribution is -0.154. The van der Waals surface area contributed by atoms with E-state index in [2.05, 4.69) is 4.98 Å². The second-order valence-corrected chi connectivity index (χ2v) is 11.6. The lowest BCUT2D eigenvalue weighted by atomic mass is 9.73. The van der Waals surface area contributed by atoms with Crippen molar-refractivity contribution in [2.24, 2.45) is 29.1 Å². The standard InChI is InChI=1S/C29H43NO5/c1-17-10-11-23(30-16-17)12-19(3)24-14-22-13-21(22)9-7-8-18(2)27(33)20(4)28(34)29(5,6)25(31)15-26(32)35-24/h10-12,16,18,20-22,24-25,27,31,33H,7-9,13-15H2,1-6H3/b19-12+/t18-,20+,21-,22?,24-,25-,27-/m0/s1. The molecule has 0 spiro atoms. The monoisotopic (exact) mass is 485 g/mol. The summed E-state index contributed by atoms with van der Waals surface area (Å²) in [5, 5.41) is 21.7. The summed E-state index contributed by atoms with van der Waals surface area (Å²) in [7, 11) is 0. The second kappa shape index (κ2) is 11.3. The van der Waals surface area contributed by atoms with E-state index >= 15 is 0 Å². The molecule has 1 aliphatic heterocycles. The van der Waals surface area contributed by atoms with E-state index in [4.69, 9.17) is 4.74 Å². The van der Waals surface area contributed by atoms with E-state index < -0.39 is 29.5 Å². The first kappa shape index (κ1) is 27.5. The Labute approximate surface area is 210 Å². The molecule has 1 aromatic heterocycles. The highest BCUT2D eigenvalue weighted by Crippen LogP contribution is 2.47. The number of nitrogens with zero attached hydrogens (tertiary/aromatic N) is 1. The minimum Gasteiger partial charge on any atom is -0.458 e. The summed E-state index contributed by atoms with van der Waals surface area (Å²) >= 11 is 0. The molecule has 0 aromatic carbocycles. The maximum Gasteiger partial charge on any atom is 0.309 e. The number of carbonyl (C=O) groups is 2. The zero-order valence-corrected chi connectivity index (χ0v) is 22.2. The topological polar surface area (TPSA) is 96.7 Å². The van der Waals surface area contributed by atoms with Crippen molar-refractivity contribution in [2.75, 3.05) is 0 Å². The van der Waals surface area contributed by atoms with Gasteiger partial charge in [-0.3, -0.25) is 14.6 Å². The van der Waals surface area contributed by atoms with Gasteiger partial charge in [0, 0.05) is 12.1 Å². The van der Waals surface area contributed by atoms with Crippen molar-refractivity contribution in [3.63, 3.8) is 0 Å². The van der Waals surface area contributed by atoms with Crippen LogP contribution in [0.15, 0.2) is 23.9 Å². The Bertz CT molecular complexity index is 922. The van der Waals surface area contributed by atoms with Crippen molar-refractivity contribution in [3.8, 4) is 0 Å². The number of esters is 1. The fourth-order valence-corrected chi connectivity index (χ4v) is 5.34. The number of fused-ring (bicyclic) bond motifs is 1. The number of aliphatic hydroxyl groups excluding tert-OH is 2. The van der Waals surface area contributed by atoms with Gasteiger partial charge in [0.05, 0.1) is 29.7 Å². The number of cyclic esters (lactones) is 1. The molecule has 0 amide bonds. The largest absolute Gasteiger partial charge is 0.458 e. The zero-order chi connectivity index (χ0) is 25.9. The molecule has 2 N–H and O–H groups in total. The summed E-state index contributed by atoms with van der Waals surface area (Å²) in [5.41, 5.74) is 1.65. The molecule has 1 saturated carbocycles. The SMILES string of the molecule is C/C(=C\c1ccc(C)cn1)[C@@H]1CC2C[C@@H]2CCC[C@H](C)[C@H](O)[C@@H](C)C(=O)C(C)(C)[C@@H](O)CC(=O)O1. The molecule has 7 atom stereocenters. The highest BCUT2D eigenvalue weighted by atomic mass is 16.5. The summed E-state index contributed by atoms with van der Waals surface area (Å²) in [6, 6.07) is 3.95. The van der Waals surface area contributed by atoms with Gasteiger partial charge in [0.15, 0.2) is 0 Å². The van der Waals surface area contributed by atoms with Crippen LogP contribution in [0.2, 0.25) is 0 Å². The zero-order valence-electron chi connectivity index (χ0n) is 22.2. The van der Waals surface area contributed by atoms with Crippen LogP contribution in [0, 0.1) is 36.0 Å². The molecule has 2 heterocycles. The molecule has 1 aliphatic carbocycles. The summed E-state index contributed by atoms with van der Waals surface area (Å²) in [6.45, 7) is 11.0. The van der Waals surface area contributed by atoms with Gasteiger partial charge >= 0.3 is 5.97 Å². The van der Waals surface area contributed by atoms with E-state index in [-0.39, 0.29) is 24.2 Å². The van der Waals surface area contributed by atoms with Gasteiger partial charge in [0.2, 0.25) is 0 Å². The number of aliphatic hydroxyl groups is 2. The van der Waals surface area contributed by atoms with E-state index in [1.54, 1.807) is 20.8 Å². The second-order valence-electron chi connectivity index (χ2n) is 11.6. The highest BCUT2D eigenvalue weighted by Gasteiger charge is 2.43. The average molecular weight is 486 g/mol. The predicted molar refractivity (Wildman–Crippen MR) is 136 cm³/mol. The Morgan fingerprint density at radius 3 is 2.49 bits per heavy atom. The number of Topliss-reactive ketones (excluding diaryl/α,β-unsaturated/α-hetero) is 1. The van der Waals surface area contributed by atoms with Gasteiger partial charge in [-0.1, -0.05) is 46.6 Å². The number of aromatic nitrogens is 1. The molecule has 6 heteroatoms. The molecule has 6 nitrogen and oxygen atoms in total. The van der Waals surface area contributed by atoms with E-state index in [1.165, 1.54) is 0 Å². The van der Waals surface area contributed by atoms with E-state index in [0.717, 1.165) is 48.9 Å². The van der Waals surface area contributed by atoms with Gasteiger partial charge < -0.3 is 14.9 Å². The number of aryl methyl sites for hydroxylation is 1. The van der Waals surface area contributed by atoms with Crippen LogP contribution in [-0.4, -0.2) is 45.3 Å². The molecular formula is C29H43NO5. The van der Waals surface area contributed by atoms with Gasteiger partial charge in [-0.25, -0.2) is 0 Å². The predicted octanol–water partition coefficient (Wildman–Crippen LogP) is 4.89. The maximum absolute atomic E-state index is 13.2. The molecule has 0 radical (unpaired) electrons. The fourth-order valence-electron chi connectivity index (χ4n) is 5.34. The summed E-state index contributed by atoms with van der Waals surface area (Å²) < 4.78 is 5.91. The lowest BCUT2D eigenvalue weighted by Gasteiger charge is -2.34. The number of hydrogen-bond acceptors (Lipinski definition) is 6. The molecule has 0 bridgehead atoms. The third kappa shape index (κ3) is 7.01. The first-order valence-corrected chi connectivity index (χ1v) is 13.1. The lowest BCUT2D eigenvalue weighted by Crippen LogP contribution is -2.45. The number of carbonyl (C=O) groups excluding carboxylic acids is 2. The summed E-state index contributed by atoms with van der Waals surface area (Å²) in [6.07, 6.45) is 5.96. The van der Waals surface area contributed by atoms with Crippen LogP contribution in [0.3, 0.4) is 0 Å². The Morgan fingerprint density at radius 1 is 1.11 bits per heavy atom. The molecule has 3 rings (SSSR count). The molecule has 2 aliphatic rings. The molecule has 35 heavy (non-hydrogen) atoms. The molecule has 194 valence electrons. The average Bonchev–Trinajstić information content (AvgIpc) is 3.55. The van der Waals surface area contributed by atoms with E-state index in [9.17, 15) is 19.8 Å². The third-order valence-electron chi connectivity index (χ3n) is 8.25. The minimum atomic E-state index is -1.20. The van der Waals surface area contributed by atoms with Crippen molar-refractivity contribution < 1.29 is 24.5 Å². The van der Waals surface area contributed by atoms with Crippen LogP contribution in [-0.2, 0) is 14.3 Å². The highest BCUT2D eigenvalue weighted by molar-refractivity contribution is 5.88. The summed E-state index contributed by atoms with van der Waals surface area (Å²) in [5.74, 6) is -0.271. The number of pyridine rings is 1. The normalized spacial score (nSPS) is 35.2. The van der Waals surface area contributed by atoms with Gasteiger partial charge in [-0.15, -0.1) is 0 Å². The maximum atomic E-state index is 13.2. The van der Waals surface area contributed by atoms with Crippen LogP contribution >= 0.6 is 0 Å². The van der Waals surface area contributed by atoms with E-state index in [1.807, 2.05) is 45.2 Å². The van der Waals surface area contributed by atoms with Crippen molar-refractivity contribution in [3.05, 3.63) is 35.2 Å². The Kier molecular flexibility index (Phi) is 8.92. The van der Waals surface area contributed by atoms with Crippen molar-refractivity contribution >= 4 is 17.8 Å². The first-order chi connectivity index (χ1) is 16.4. The third-order valence-corrected chi connectivity index (χ3v) is 8.25. The van der Waals surface area contributed by atoms with Crippen molar-refractivity contribution in [1.82, 2.24) is 4.98 Å². The molecule has 2 fully saturated rings. The van der Waals surface area contributed by atoms with Crippen LogP contribution < -0.4 is 0 Å². The van der Waals surface area contributed by atoms with Crippen LogP contribution in [0.4, 0.5) is 0 Å². The number of ketones is 1. The van der Waals surface area contributed by atoms with Crippen molar-refractivity contribution in [1.29, 1.82) is 0 Å². The van der Waals surface area contributed by atoms with Crippen LogP contribution in [0.25, 0.3) is 6.08 Å². The van der Waals surface area contributed by atoms with Gasteiger partial charge in [-0.2, -0.15) is 0 Å². The Balaban J connectivity index is 1.82. The minimum absolute atomic E-state index is 0.00287. The van der Waals surface area contributed by atoms with Gasteiger partial charge in [0.25, 0.3) is 0 Å². The fraction of sp³-hybridized carbons (Fsp3) is 0.690. The smallest absolute Gasteiger partial charge is 0.309 e. The molecular weight excluding hydrogens is 442 g/mol. The van der Waals surface area contributed by atoms with E-state index in [0.29, 0.717) is 11.8 Å². The van der Waals surface area contributed by atoms with Crippen LogP contribution in [0.1, 0.15) is 84.4 Å². The quantitative estimate of drug-likeness (QED) is 0.579. The Morgan fingerprint density at radius 2 is 1.83 bits per heavy atom. The molecule has 1 unspecified atom stereocenters. The Hall–Kier alpha value is -2.05. The number of ether oxygens (including phenoxy) is 1. The molecule has 1 saturated heterocycles. The first-order valence-electron chi connectivity index (χ1n) is 13.1. The van der Waals surface area contributed by atoms with Crippen molar-refractivity contribution in [2.45, 2.75) is 98.4 Å². The van der Waals surface area contributed by atoms with Gasteiger partial charge in [0.1, 0.15) is 11.9 Å². The number of rotatable bonds is 2. The number of hydrogen-bond donors (Lipinski definition) is 2. The van der Waals surface area contributed by atoms with Gasteiger partial charge in [-0.05, 0) is 74.1 Å².